The van der Waals surface area contributed by atoms with Crippen molar-refractivity contribution in [2.75, 3.05) is 6.54 Å². The molecule has 0 radical (unpaired) electrons. The Hall–Kier alpha value is -0.570. The lowest BCUT2D eigenvalue weighted by molar-refractivity contribution is -0.119. The van der Waals surface area contributed by atoms with E-state index < -0.39 is 0 Å². The van der Waals surface area contributed by atoms with Crippen LogP contribution in [0.3, 0.4) is 0 Å². The van der Waals surface area contributed by atoms with Crippen LogP contribution in [0.5, 0.6) is 0 Å². The molecule has 0 aliphatic carbocycles. The van der Waals surface area contributed by atoms with Crippen LogP contribution in [0.15, 0.2) is 0 Å². The van der Waals surface area contributed by atoms with Gasteiger partial charge in [0.25, 0.3) is 0 Å². The maximum Gasteiger partial charge on any atom is 0.216 e. The molecule has 0 aliphatic heterocycles. The molecule has 1 unspecified atom stereocenters. The van der Waals surface area contributed by atoms with Crippen LogP contribution in [0.2, 0.25) is 0 Å². The van der Waals surface area contributed by atoms with Crippen molar-refractivity contribution in [3.8, 4) is 0 Å². The second-order valence-electron chi connectivity index (χ2n) is 2.12. The first-order chi connectivity index (χ1) is 5.13. The van der Waals surface area contributed by atoms with Crippen LogP contribution in [0, 0.1) is 0 Å². The lowest BCUT2D eigenvalue weighted by Gasteiger charge is -2.02. The Morgan fingerprint density at radius 1 is 1.55 bits per heavy atom. The summed E-state index contributed by atoms with van der Waals surface area (Å²) in [5, 5.41) is 11.3. The van der Waals surface area contributed by atoms with E-state index in [0.717, 1.165) is 0 Å². The molecule has 0 rings (SSSR count). The van der Waals surface area contributed by atoms with Crippen LogP contribution in [0.1, 0.15) is 34.1 Å². The van der Waals surface area contributed by atoms with Gasteiger partial charge in [-0.3, -0.25) is 4.79 Å². The second kappa shape index (κ2) is 9.43. The SMILES string of the molecule is CC.CC(=O)NCCC(C)O. The number of carbonyl (C=O) groups is 1. The first kappa shape index (κ1) is 13.1. The minimum absolute atomic E-state index is 0.0457. The Morgan fingerprint density at radius 2 is 2.00 bits per heavy atom. The van der Waals surface area contributed by atoms with Crippen molar-refractivity contribution in [3.63, 3.8) is 0 Å². The highest BCUT2D eigenvalue weighted by atomic mass is 16.3. The molecule has 0 saturated carbocycles. The average molecular weight is 161 g/mol. The Bertz CT molecular complexity index is 92.1. The van der Waals surface area contributed by atoms with E-state index in [1.807, 2.05) is 13.8 Å². The van der Waals surface area contributed by atoms with E-state index in [0.29, 0.717) is 13.0 Å². The maximum atomic E-state index is 10.2. The number of amides is 1. The molecule has 1 amide bonds. The molecular formula is C8H19NO2. The van der Waals surface area contributed by atoms with Gasteiger partial charge in [-0.05, 0) is 13.3 Å². The number of aliphatic hydroxyl groups is 1. The summed E-state index contributed by atoms with van der Waals surface area (Å²) >= 11 is 0. The van der Waals surface area contributed by atoms with E-state index in [2.05, 4.69) is 5.32 Å². The van der Waals surface area contributed by atoms with Gasteiger partial charge in [0.05, 0.1) is 6.10 Å². The first-order valence-corrected chi connectivity index (χ1v) is 4.05. The standard InChI is InChI=1S/C6H13NO2.C2H6/c1-5(8)3-4-7-6(2)9;1-2/h5,8H,3-4H2,1-2H3,(H,7,9);1-2H3. The normalized spacial score (nSPS) is 11.0. The fraction of sp³-hybridized carbons (Fsp3) is 0.875. The number of nitrogens with one attached hydrogen (secondary N) is 1. The van der Waals surface area contributed by atoms with Gasteiger partial charge in [-0.25, -0.2) is 0 Å². The van der Waals surface area contributed by atoms with Crippen LogP contribution >= 0.6 is 0 Å². The molecule has 0 aromatic carbocycles. The summed E-state index contributed by atoms with van der Waals surface area (Å²) in [6.45, 7) is 7.72. The molecule has 1 atom stereocenters. The molecule has 3 heteroatoms. The van der Waals surface area contributed by atoms with Gasteiger partial charge < -0.3 is 10.4 Å². The molecule has 3 nitrogen and oxygen atoms in total. The first-order valence-electron chi connectivity index (χ1n) is 4.05. The van der Waals surface area contributed by atoms with Crippen molar-refractivity contribution >= 4 is 5.91 Å². The fourth-order valence-electron chi connectivity index (χ4n) is 0.457. The van der Waals surface area contributed by atoms with E-state index in [1.165, 1.54) is 6.92 Å². The molecule has 0 bridgehead atoms. The summed E-state index contributed by atoms with van der Waals surface area (Å²) < 4.78 is 0. The van der Waals surface area contributed by atoms with Crippen LogP contribution in [-0.2, 0) is 4.79 Å². The van der Waals surface area contributed by atoms with E-state index in [-0.39, 0.29) is 12.0 Å². The monoisotopic (exact) mass is 161 g/mol. The summed E-state index contributed by atoms with van der Waals surface area (Å²) in [6, 6.07) is 0. The highest BCUT2D eigenvalue weighted by Crippen LogP contribution is 1.84. The quantitative estimate of drug-likeness (QED) is 0.646. The molecule has 0 fully saturated rings. The predicted molar refractivity (Wildman–Crippen MR) is 46.3 cm³/mol. The zero-order valence-electron chi connectivity index (χ0n) is 7.85. The Morgan fingerprint density at radius 3 is 2.27 bits per heavy atom. The highest BCUT2D eigenvalue weighted by Gasteiger charge is 1.94. The zero-order chi connectivity index (χ0) is 9.28. The molecule has 11 heavy (non-hydrogen) atoms. The molecule has 0 saturated heterocycles. The van der Waals surface area contributed by atoms with E-state index in [9.17, 15) is 4.79 Å². The van der Waals surface area contributed by atoms with Gasteiger partial charge in [-0.2, -0.15) is 0 Å². The van der Waals surface area contributed by atoms with Crippen molar-refractivity contribution in [1.29, 1.82) is 0 Å². The average Bonchev–Trinajstić information content (AvgIpc) is 1.90. The molecule has 0 aliphatic rings. The molecule has 0 spiro atoms. The summed E-state index contributed by atoms with van der Waals surface area (Å²) in [5.74, 6) is -0.0457. The third kappa shape index (κ3) is 17.7. The number of aliphatic hydroxyl groups excluding tert-OH is 1. The van der Waals surface area contributed by atoms with Crippen molar-refractivity contribution in [2.45, 2.75) is 40.2 Å². The van der Waals surface area contributed by atoms with Crippen LogP contribution < -0.4 is 5.32 Å². The van der Waals surface area contributed by atoms with Crippen molar-refractivity contribution in [3.05, 3.63) is 0 Å². The van der Waals surface area contributed by atoms with Crippen molar-refractivity contribution in [2.24, 2.45) is 0 Å². The van der Waals surface area contributed by atoms with Gasteiger partial charge in [-0.1, -0.05) is 13.8 Å². The minimum atomic E-state index is -0.322. The van der Waals surface area contributed by atoms with Gasteiger partial charge >= 0.3 is 0 Å². The minimum Gasteiger partial charge on any atom is -0.393 e. The van der Waals surface area contributed by atoms with Gasteiger partial charge in [0.15, 0.2) is 0 Å². The molecule has 68 valence electrons. The summed E-state index contributed by atoms with van der Waals surface area (Å²) in [6.07, 6.45) is 0.302. The van der Waals surface area contributed by atoms with Gasteiger partial charge in [0.2, 0.25) is 5.91 Å². The zero-order valence-corrected chi connectivity index (χ0v) is 7.85. The summed E-state index contributed by atoms with van der Waals surface area (Å²) in [4.78, 5) is 10.2. The maximum absolute atomic E-state index is 10.2. The fourth-order valence-corrected chi connectivity index (χ4v) is 0.457. The van der Waals surface area contributed by atoms with Gasteiger partial charge in [-0.15, -0.1) is 0 Å². The molecule has 0 aromatic heterocycles. The van der Waals surface area contributed by atoms with Crippen molar-refractivity contribution in [1.82, 2.24) is 5.32 Å². The third-order valence-electron chi connectivity index (χ3n) is 0.936. The number of hydrogen-bond donors (Lipinski definition) is 2. The Balaban J connectivity index is 0. The smallest absolute Gasteiger partial charge is 0.216 e. The van der Waals surface area contributed by atoms with Crippen LogP contribution in [0.4, 0.5) is 0 Å². The molecule has 0 heterocycles. The summed E-state index contributed by atoms with van der Waals surface area (Å²) in [7, 11) is 0. The molecule has 2 N–H and O–H groups in total. The van der Waals surface area contributed by atoms with Crippen molar-refractivity contribution < 1.29 is 9.90 Å². The molecule has 0 aromatic rings. The largest absolute Gasteiger partial charge is 0.393 e. The molecular weight excluding hydrogens is 142 g/mol. The van der Waals surface area contributed by atoms with Crippen LogP contribution in [-0.4, -0.2) is 23.7 Å². The number of hydrogen-bond acceptors (Lipinski definition) is 2. The Kier molecular flexibility index (Phi) is 11.2. The topological polar surface area (TPSA) is 49.3 Å². The van der Waals surface area contributed by atoms with E-state index >= 15 is 0 Å². The van der Waals surface area contributed by atoms with Gasteiger partial charge in [0, 0.05) is 13.5 Å². The number of carbonyl (C=O) groups excluding carboxylic acids is 1. The number of rotatable bonds is 3. The highest BCUT2D eigenvalue weighted by molar-refractivity contribution is 5.72. The summed E-state index contributed by atoms with van der Waals surface area (Å²) in [5.41, 5.74) is 0. The third-order valence-corrected chi connectivity index (χ3v) is 0.936. The predicted octanol–water partition coefficient (Wildman–Crippen LogP) is 0.920. The second-order valence-corrected chi connectivity index (χ2v) is 2.12. The lowest BCUT2D eigenvalue weighted by atomic mass is 10.3. The van der Waals surface area contributed by atoms with Crippen LogP contribution in [0.25, 0.3) is 0 Å². The Labute approximate surface area is 68.8 Å². The van der Waals surface area contributed by atoms with Gasteiger partial charge in [0.1, 0.15) is 0 Å². The van der Waals surface area contributed by atoms with E-state index in [4.69, 9.17) is 5.11 Å². The van der Waals surface area contributed by atoms with E-state index in [1.54, 1.807) is 6.92 Å². The lowest BCUT2D eigenvalue weighted by Crippen LogP contribution is -2.23.